The standard InChI is InChI=1S/C36H35O7PS/c37-30(27-41-31-13-5-1-6-14-31)28-42-36(38)29-21-23-35(24-22-29)45(39,40)43-25-26-44(32-15-7-2-8-16-32,33-17-9-3-10-18-33)34-19-11-4-12-20-34/h1-24,30,37,44H,25-28H2. The Balaban J connectivity index is 1.25. The van der Waals surface area contributed by atoms with E-state index in [4.69, 9.17) is 13.7 Å². The molecule has 232 valence electrons. The molecule has 1 atom stereocenters. The van der Waals surface area contributed by atoms with E-state index in [1.54, 1.807) is 12.1 Å². The van der Waals surface area contributed by atoms with Gasteiger partial charge >= 0.3 is 213 Å². The molecule has 45 heavy (non-hydrogen) atoms. The SMILES string of the molecule is O=C(OCC(O)COc1ccccc1)c1ccc(S(=O)(=O)OCC[PH](c2ccccc2)(c2ccccc2)c2ccccc2)cc1. The Kier molecular flexibility index (Phi) is 10.8. The average Bonchev–Trinajstić information content (AvgIpc) is 3.10. The summed E-state index contributed by atoms with van der Waals surface area (Å²) in [5.74, 6) is -0.0990. The quantitative estimate of drug-likeness (QED) is 0.106. The van der Waals surface area contributed by atoms with E-state index in [2.05, 4.69) is 36.4 Å². The summed E-state index contributed by atoms with van der Waals surface area (Å²) in [4.78, 5) is 12.5. The minimum atomic E-state index is -4.12. The number of aliphatic hydroxyl groups excluding tert-OH is 1. The van der Waals surface area contributed by atoms with Gasteiger partial charge in [-0.1, -0.05) is 18.2 Å². The summed E-state index contributed by atoms with van der Waals surface area (Å²) in [6, 6.07) is 44.9. The van der Waals surface area contributed by atoms with Crippen molar-refractivity contribution >= 4 is 39.3 Å². The van der Waals surface area contributed by atoms with Gasteiger partial charge in [-0.25, -0.2) is 0 Å². The van der Waals surface area contributed by atoms with Crippen molar-refractivity contribution < 1.29 is 32.0 Å². The first-order valence-electron chi connectivity index (χ1n) is 14.6. The van der Waals surface area contributed by atoms with E-state index >= 15 is 0 Å². The number of carbonyl (C=O) groups excluding carboxylic acids is 1. The van der Waals surface area contributed by atoms with E-state index in [0.717, 1.165) is 15.9 Å². The van der Waals surface area contributed by atoms with E-state index < -0.39 is 29.5 Å². The van der Waals surface area contributed by atoms with Crippen LogP contribution in [-0.4, -0.2) is 51.6 Å². The third-order valence-corrected chi connectivity index (χ3v) is 13.7. The molecule has 0 saturated carbocycles. The van der Waals surface area contributed by atoms with Gasteiger partial charge in [0, 0.05) is 0 Å². The van der Waals surface area contributed by atoms with E-state index in [9.17, 15) is 18.3 Å². The number of ether oxygens (including phenoxy) is 2. The van der Waals surface area contributed by atoms with E-state index in [-0.39, 0.29) is 30.3 Å². The summed E-state index contributed by atoms with van der Waals surface area (Å²) in [6.45, 7) is -0.348. The third kappa shape index (κ3) is 8.04. The molecule has 0 heterocycles. The van der Waals surface area contributed by atoms with E-state index in [1.165, 1.54) is 24.3 Å². The summed E-state index contributed by atoms with van der Waals surface area (Å²) in [6.07, 6.45) is -0.536. The van der Waals surface area contributed by atoms with Crippen LogP contribution in [0.1, 0.15) is 10.4 Å². The van der Waals surface area contributed by atoms with Gasteiger partial charge in [-0.15, -0.1) is 0 Å². The molecule has 5 rings (SSSR count). The Hall–Kier alpha value is -4.33. The van der Waals surface area contributed by atoms with Gasteiger partial charge in [0.1, 0.15) is 12.4 Å². The normalized spacial score (nSPS) is 12.6. The summed E-state index contributed by atoms with van der Waals surface area (Å²) in [5.41, 5.74) is 0.147. The van der Waals surface area contributed by atoms with Gasteiger partial charge in [0.05, 0.1) is 0 Å². The Morgan fingerprint density at radius 2 is 1.11 bits per heavy atom. The fraction of sp³-hybridized carbons (Fsp3) is 0.139. The molecule has 0 fully saturated rings. The molecule has 0 amide bonds. The summed E-state index contributed by atoms with van der Waals surface area (Å²) < 4.78 is 42.8. The first-order valence-corrected chi connectivity index (χ1v) is 18.2. The van der Waals surface area contributed by atoms with Crippen molar-refractivity contribution in [1.82, 2.24) is 0 Å². The zero-order valence-electron chi connectivity index (χ0n) is 24.6. The second-order valence-electron chi connectivity index (χ2n) is 10.4. The first kappa shape index (κ1) is 32.1. The molecule has 1 unspecified atom stereocenters. The molecule has 7 nitrogen and oxygen atoms in total. The van der Waals surface area contributed by atoms with Crippen molar-refractivity contribution in [3.8, 4) is 5.75 Å². The number of rotatable bonds is 14. The van der Waals surface area contributed by atoms with E-state index in [1.807, 2.05) is 72.8 Å². The Morgan fingerprint density at radius 1 is 0.644 bits per heavy atom. The van der Waals surface area contributed by atoms with Crippen LogP contribution in [-0.2, 0) is 19.0 Å². The molecule has 0 aliphatic carbocycles. The molecule has 5 aromatic rings. The number of hydrogen-bond acceptors (Lipinski definition) is 7. The van der Waals surface area contributed by atoms with Gasteiger partial charge in [-0.3, -0.25) is 0 Å². The average molecular weight is 643 g/mol. The van der Waals surface area contributed by atoms with Crippen molar-refractivity contribution in [1.29, 1.82) is 0 Å². The summed E-state index contributed by atoms with van der Waals surface area (Å²) in [5, 5.41) is 13.6. The van der Waals surface area contributed by atoms with Crippen LogP contribution in [0, 0.1) is 0 Å². The molecular weight excluding hydrogens is 607 g/mol. The number of para-hydroxylation sites is 1. The van der Waals surface area contributed by atoms with Crippen LogP contribution < -0.4 is 20.7 Å². The predicted molar refractivity (Wildman–Crippen MR) is 179 cm³/mol. The number of aliphatic hydroxyl groups is 1. The van der Waals surface area contributed by atoms with Crippen LogP contribution in [0.3, 0.4) is 0 Å². The van der Waals surface area contributed by atoms with Crippen molar-refractivity contribution in [3.05, 3.63) is 151 Å². The number of esters is 1. The van der Waals surface area contributed by atoms with Crippen LogP contribution >= 0.6 is 7.26 Å². The van der Waals surface area contributed by atoms with Crippen LogP contribution in [0.15, 0.2) is 150 Å². The van der Waals surface area contributed by atoms with Crippen molar-refractivity contribution in [2.24, 2.45) is 0 Å². The molecule has 0 aromatic heterocycles. The van der Waals surface area contributed by atoms with Crippen LogP contribution in [0.5, 0.6) is 5.75 Å². The second kappa shape index (κ2) is 15.1. The Bertz CT molecular complexity index is 1650. The monoisotopic (exact) mass is 642 g/mol. The molecule has 0 aliphatic heterocycles. The molecule has 9 heteroatoms. The molecule has 0 bridgehead atoms. The van der Waals surface area contributed by atoms with Gasteiger partial charge < -0.3 is 9.84 Å². The molecule has 0 radical (unpaired) electrons. The molecule has 5 aromatic carbocycles. The van der Waals surface area contributed by atoms with Gasteiger partial charge in [0.25, 0.3) is 0 Å². The fourth-order valence-corrected chi connectivity index (χ4v) is 10.9. The topological polar surface area (TPSA) is 99.1 Å². The van der Waals surface area contributed by atoms with Crippen LogP contribution in [0.2, 0.25) is 0 Å². The maximum absolute atomic E-state index is 13.2. The number of carbonyl (C=O) groups is 1. The summed E-state index contributed by atoms with van der Waals surface area (Å²) in [7, 11) is -6.79. The first-order chi connectivity index (χ1) is 21.9. The van der Waals surface area contributed by atoms with Gasteiger partial charge in [-0.05, 0) is 12.1 Å². The number of hydrogen-bond donors (Lipinski definition) is 1. The molecular formula is C36H35O7PS. The Morgan fingerprint density at radius 3 is 1.60 bits per heavy atom. The molecule has 1 N–H and O–H groups in total. The zero-order chi connectivity index (χ0) is 31.5. The molecule has 0 aliphatic rings. The number of benzene rings is 5. The molecule has 0 saturated heterocycles. The summed E-state index contributed by atoms with van der Waals surface area (Å²) >= 11 is 0. The van der Waals surface area contributed by atoms with Crippen LogP contribution in [0.4, 0.5) is 0 Å². The Labute approximate surface area is 264 Å². The second-order valence-corrected chi connectivity index (χ2v) is 16.1. The van der Waals surface area contributed by atoms with Gasteiger partial charge in [-0.2, -0.15) is 0 Å². The maximum atomic E-state index is 13.2. The minimum absolute atomic E-state index is 0.0278. The predicted octanol–water partition coefficient (Wildman–Crippen LogP) is 4.72. The van der Waals surface area contributed by atoms with Crippen molar-refractivity contribution in [2.75, 3.05) is 26.0 Å². The molecule has 0 spiro atoms. The van der Waals surface area contributed by atoms with Crippen molar-refractivity contribution in [3.63, 3.8) is 0 Å². The van der Waals surface area contributed by atoms with E-state index in [0.29, 0.717) is 11.9 Å². The third-order valence-electron chi connectivity index (χ3n) is 7.49. The van der Waals surface area contributed by atoms with Crippen molar-refractivity contribution in [2.45, 2.75) is 11.0 Å². The van der Waals surface area contributed by atoms with Crippen LogP contribution in [0.25, 0.3) is 0 Å². The zero-order valence-corrected chi connectivity index (χ0v) is 26.4. The fourth-order valence-electron chi connectivity index (χ4n) is 5.24. The van der Waals surface area contributed by atoms with Gasteiger partial charge in [0.15, 0.2) is 0 Å². The van der Waals surface area contributed by atoms with Gasteiger partial charge in [0.2, 0.25) is 0 Å².